The minimum Gasteiger partial charge on any atom is -0.465 e. The van der Waals surface area contributed by atoms with Gasteiger partial charge in [-0.3, -0.25) is 0 Å². The molecule has 3 N–H and O–H groups in total. The first kappa shape index (κ1) is 16.3. The third-order valence-corrected chi connectivity index (χ3v) is 2.98. The minimum absolute atomic E-state index is 0.0945. The quantitative estimate of drug-likeness (QED) is 0.616. The van der Waals surface area contributed by atoms with E-state index in [0.717, 1.165) is 18.8 Å². The molecule has 5 nitrogen and oxygen atoms in total. The number of anilines is 2. The van der Waals surface area contributed by atoms with Crippen LogP contribution in [-0.4, -0.2) is 45.2 Å². The van der Waals surface area contributed by atoms with Crippen LogP contribution in [0.4, 0.5) is 11.4 Å². The van der Waals surface area contributed by atoms with Crippen molar-refractivity contribution in [2.24, 2.45) is 5.41 Å². The van der Waals surface area contributed by atoms with Crippen LogP contribution in [0, 0.1) is 5.41 Å². The fraction of sp³-hybridized carbons (Fsp3) is 0.533. The van der Waals surface area contributed by atoms with Gasteiger partial charge in [0.05, 0.1) is 24.0 Å². The standard InChI is InChI=1S/C15H25N3O2/c1-15(2,10-18(3)4)9-17-13-8-11(14(19)20-5)6-7-12(13)16/h6-8,17H,9-10,16H2,1-5H3. The van der Waals surface area contributed by atoms with Crippen molar-refractivity contribution >= 4 is 17.3 Å². The number of nitrogens with one attached hydrogen (secondary N) is 1. The van der Waals surface area contributed by atoms with Crippen molar-refractivity contribution in [3.63, 3.8) is 0 Å². The molecular weight excluding hydrogens is 254 g/mol. The molecule has 0 aliphatic rings. The van der Waals surface area contributed by atoms with Crippen LogP contribution < -0.4 is 11.1 Å². The lowest BCUT2D eigenvalue weighted by Crippen LogP contribution is -2.34. The summed E-state index contributed by atoms with van der Waals surface area (Å²) in [6.45, 7) is 6.08. The molecule has 1 aromatic carbocycles. The van der Waals surface area contributed by atoms with Crippen LogP contribution in [0.2, 0.25) is 0 Å². The molecule has 0 atom stereocenters. The van der Waals surface area contributed by atoms with E-state index in [9.17, 15) is 4.79 Å². The number of rotatable bonds is 6. The molecule has 0 amide bonds. The molecule has 0 unspecified atom stereocenters. The Hall–Kier alpha value is -1.75. The lowest BCUT2D eigenvalue weighted by Gasteiger charge is -2.29. The predicted octanol–water partition coefficient (Wildman–Crippen LogP) is 2.06. The molecule has 0 radical (unpaired) electrons. The Balaban J connectivity index is 2.79. The molecule has 1 rings (SSSR count). The summed E-state index contributed by atoms with van der Waals surface area (Å²) in [5, 5.41) is 3.32. The number of carbonyl (C=O) groups is 1. The molecule has 0 fully saturated rings. The summed E-state index contributed by atoms with van der Waals surface area (Å²) in [5.41, 5.74) is 7.91. The number of carbonyl (C=O) groups excluding carboxylic acids is 1. The van der Waals surface area contributed by atoms with Crippen LogP contribution >= 0.6 is 0 Å². The van der Waals surface area contributed by atoms with Gasteiger partial charge in [0, 0.05) is 13.1 Å². The number of methoxy groups -OCH3 is 1. The van der Waals surface area contributed by atoms with E-state index in [1.54, 1.807) is 18.2 Å². The van der Waals surface area contributed by atoms with Crippen molar-refractivity contribution in [1.82, 2.24) is 4.90 Å². The Morgan fingerprint density at radius 2 is 2.05 bits per heavy atom. The van der Waals surface area contributed by atoms with Gasteiger partial charge in [0.2, 0.25) is 0 Å². The van der Waals surface area contributed by atoms with Crippen molar-refractivity contribution in [3.05, 3.63) is 23.8 Å². The van der Waals surface area contributed by atoms with E-state index in [4.69, 9.17) is 10.5 Å². The lowest BCUT2D eigenvalue weighted by atomic mass is 9.93. The molecule has 0 saturated heterocycles. The minimum atomic E-state index is -0.361. The van der Waals surface area contributed by atoms with Crippen molar-refractivity contribution in [1.29, 1.82) is 0 Å². The van der Waals surface area contributed by atoms with Gasteiger partial charge >= 0.3 is 5.97 Å². The van der Waals surface area contributed by atoms with Crippen LogP contribution in [0.25, 0.3) is 0 Å². The summed E-state index contributed by atoms with van der Waals surface area (Å²) < 4.78 is 4.71. The molecule has 0 bridgehead atoms. The first-order chi connectivity index (χ1) is 9.25. The van der Waals surface area contributed by atoms with Gasteiger partial charge in [-0.1, -0.05) is 13.8 Å². The SMILES string of the molecule is COC(=O)c1ccc(N)c(NCC(C)(C)CN(C)C)c1. The summed E-state index contributed by atoms with van der Waals surface area (Å²) in [6.07, 6.45) is 0. The Kier molecular flexibility index (Phi) is 5.39. The normalized spacial score (nSPS) is 11.5. The van der Waals surface area contributed by atoms with Gasteiger partial charge in [-0.25, -0.2) is 4.79 Å². The number of benzene rings is 1. The number of hydrogen-bond acceptors (Lipinski definition) is 5. The van der Waals surface area contributed by atoms with Crippen LogP contribution in [0.15, 0.2) is 18.2 Å². The zero-order chi connectivity index (χ0) is 15.3. The zero-order valence-corrected chi connectivity index (χ0v) is 13.0. The van der Waals surface area contributed by atoms with E-state index in [1.807, 2.05) is 14.1 Å². The molecule has 0 spiro atoms. The second-order valence-electron chi connectivity index (χ2n) is 6.05. The molecule has 112 valence electrons. The Labute approximate surface area is 121 Å². The summed E-state index contributed by atoms with van der Waals surface area (Å²) in [7, 11) is 5.47. The number of nitrogens with zero attached hydrogens (tertiary/aromatic N) is 1. The van der Waals surface area contributed by atoms with E-state index >= 15 is 0 Å². The van der Waals surface area contributed by atoms with Gasteiger partial charge in [-0.15, -0.1) is 0 Å². The van der Waals surface area contributed by atoms with Crippen LogP contribution in [0.3, 0.4) is 0 Å². The topological polar surface area (TPSA) is 67.6 Å². The Bertz CT molecular complexity index is 470. The third kappa shape index (κ3) is 4.74. The number of hydrogen-bond donors (Lipinski definition) is 2. The fourth-order valence-electron chi connectivity index (χ4n) is 2.20. The monoisotopic (exact) mass is 279 g/mol. The molecule has 0 aliphatic heterocycles. The molecule has 20 heavy (non-hydrogen) atoms. The second kappa shape index (κ2) is 6.61. The van der Waals surface area contributed by atoms with E-state index in [0.29, 0.717) is 11.3 Å². The predicted molar refractivity (Wildman–Crippen MR) is 83.0 cm³/mol. The highest BCUT2D eigenvalue weighted by molar-refractivity contribution is 5.91. The second-order valence-corrected chi connectivity index (χ2v) is 6.05. The third-order valence-electron chi connectivity index (χ3n) is 2.98. The van der Waals surface area contributed by atoms with Crippen LogP contribution in [-0.2, 0) is 4.74 Å². The molecule has 0 heterocycles. The Morgan fingerprint density at radius 3 is 2.60 bits per heavy atom. The van der Waals surface area contributed by atoms with Crippen LogP contribution in [0.1, 0.15) is 24.2 Å². The number of nitrogen functional groups attached to an aromatic ring is 1. The molecule has 5 heteroatoms. The lowest BCUT2D eigenvalue weighted by molar-refractivity contribution is 0.0601. The Morgan fingerprint density at radius 1 is 1.40 bits per heavy atom. The maximum absolute atomic E-state index is 11.5. The van der Waals surface area contributed by atoms with E-state index in [1.165, 1.54) is 7.11 Å². The molecule has 0 saturated carbocycles. The maximum Gasteiger partial charge on any atom is 0.337 e. The largest absolute Gasteiger partial charge is 0.465 e. The summed E-state index contributed by atoms with van der Waals surface area (Å²) in [4.78, 5) is 13.7. The van der Waals surface area contributed by atoms with Gasteiger partial charge < -0.3 is 20.7 Å². The van der Waals surface area contributed by atoms with Gasteiger partial charge in [0.25, 0.3) is 0 Å². The van der Waals surface area contributed by atoms with Gasteiger partial charge in [-0.05, 0) is 37.7 Å². The maximum atomic E-state index is 11.5. The number of nitrogens with two attached hydrogens (primary N) is 1. The highest BCUT2D eigenvalue weighted by Crippen LogP contribution is 2.23. The van der Waals surface area contributed by atoms with Crippen molar-refractivity contribution < 1.29 is 9.53 Å². The first-order valence-electron chi connectivity index (χ1n) is 6.61. The van der Waals surface area contributed by atoms with Crippen LogP contribution in [0.5, 0.6) is 0 Å². The van der Waals surface area contributed by atoms with Gasteiger partial charge in [0.15, 0.2) is 0 Å². The van der Waals surface area contributed by atoms with Gasteiger partial charge in [0.1, 0.15) is 0 Å². The molecule has 1 aromatic rings. The van der Waals surface area contributed by atoms with E-state index < -0.39 is 0 Å². The van der Waals surface area contributed by atoms with Crippen molar-refractivity contribution in [2.45, 2.75) is 13.8 Å². The summed E-state index contributed by atoms with van der Waals surface area (Å²) >= 11 is 0. The summed E-state index contributed by atoms with van der Waals surface area (Å²) in [6, 6.07) is 5.11. The number of ether oxygens (including phenoxy) is 1. The van der Waals surface area contributed by atoms with Gasteiger partial charge in [-0.2, -0.15) is 0 Å². The highest BCUT2D eigenvalue weighted by atomic mass is 16.5. The molecule has 0 aromatic heterocycles. The van der Waals surface area contributed by atoms with E-state index in [2.05, 4.69) is 24.1 Å². The van der Waals surface area contributed by atoms with E-state index in [-0.39, 0.29) is 11.4 Å². The first-order valence-corrected chi connectivity index (χ1v) is 6.61. The molecule has 0 aliphatic carbocycles. The number of esters is 1. The fourth-order valence-corrected chi connectivity index (χ4v) is 2.20. The molecular formula is C15H25N3O2. The van der Waals surface area contributed by atoms with Crippen molar-refractivity contribution in [3.8, 4) is 0 Å². The highest BCUT2D eigenvalue weighted by Gasteiger charge is 2.19. The van der Waals surface area contributed by atoms with Crippen molar-refractivity contribution in [2.75, 3.05) is 45.3 Å². The summed E-state index contributed by atoms with van der Waals surface area (Å²) in [5.74, 6) is -0.361. The average molecular weight is 279 g/mol. The zero-order valence-electron chi connectivity index (χ0n) is 13.0. The average Bonchev–Trinajstić information content (AvgIpc) is 2.35. The smallest absolute Gasteiger partial charge is 0.337 e.